The molecule has 1 N–H and O–H groups in total. The van der Waals surface area contributed by atoms with E-state index in [1.807, 2.05) is 13.8 Å². The molecule has 2 aliphatic rings. The summed E-state index contributed by atoms with van der Waals surface area (Å²) in [7, 11) is 0. The first-order valence-corrected chi connectivity index (χ1v) is 7.39. The molecule has 2 rings (SSSR count). The summed E-state index contributed by atoms with van der Waals surface area (Å²) in [5.41, 5.74) is 0. The molecule has 1 saturated heterocycles. The molecule has 0 spiro atoms. The Balaban J connectivity index is 2.12. The third-order valence-electron chi connectivity index (χ3n) is 4.63. The number of halogens is 2. The van der Waals surface area contributed by atoms with Crippen LogP contribution >= 0.6 is 0 Å². The van der Waals surface area contributed by atoms with Crippen LogP contribution < -0.4 is 5.32 Å². The van der Waals surface area contributed by atoms with Gasteiger partial charge in [-0.25, -0.2) is 8.78 Å². The minimum atomic E-state index is -2.45. The zero-order chi connectivity index (χ0) is 14.0. The Kier molecular flexibility index (Phi) is 4.76. The van der Waals surface area contributed by atoms with Crippen LogP contribution in [0, 0.1) is 11.8 Å². The predicted octanol–water partition coefficient (Wildman–Crippen LogP) is 2.61. The van der Waals surface area contributed by atoms with E-state index < -0.39 is 13.0 Å². The number of carbonyl (C=O) groups excluding carboxylic acids is 1. The summed E-state index contributed by atoms with van der Waals surface area (Å²) in [5.74, 6) is 0.405. The fraction of sp³-hybridized carbons (Fsp3) is 0.929. The quantitative estimate of drug-likeness (QED) is 0.836. The van der Waals surface area contributed by atoms with Crippen molar-refractivity contribution in [1.82, 2.24) is 10.2 Å². The molecule has 1 heterocycles. The van der Waals surface area contributed by atoms with Gasteiger partial charge in [-0.2, -0.15) is 0 Å². The molecular formula is C14H24F2N2O. The van der Waals surface area contributed by atoms with Gasteiger partial charge in [-0.05, 0) is 24.7 Å². The van der Waals surface area contributed by atoms with E-state index in [1.54, 1.807) is 0 Å². The van der Waals surface area contributed by atoms with Gasteiger partial charge in [0, 0.05) is 0 Å². The fourth-order valence-corrected chi connectivity index (χ4v) is 3.32. The lowest BCUT2D eigenvalue weighted by Gasteiger charge is -2.28. The highest BCUT2D eigenvalue weighted by Gasteiger charge is 2.45. The van der Waals surface area contributed by atoms with E-state index in [4.69, 9.17) is 0 Å². The third kappa shape index (κ3) is 3.07. The van der Waals surface area contributed by atoms with Crippen LogP contribution in [0.2, 0.25) is 0 Å². The Morgan fingerprint density at radius 3 is 2.53 bits per heavy atom. The smallest absolute Gasteiger partial charge is 0.255 e. The molecule has 5 heteroatoms. The lowest BCUT2D eigenvalue weighted by atomic mass is 9.99. The van der Waals surface area contributed by atoms with Crippen LogP contribution in [0.3, 0.4) is 0 Å². The first kappa shape index (κ1) is 14.7. The summed E-state index contributed by atoms with van der Waals surface area (Å²) in [6, 6.07) is -0.283. The van der Waals surface area contributed by atoms with Crippen LogP contribution in [0.1, 0.15) is 46.0 Å². The van der Waals surface area contributed by atoms with Gasteiger partial charge in [-0.3, -0.25) is 10.1 Å². The minimum Gasteiger partial charge on any atom is -0.320 e. The number of alkyl halides is 2. The zero-order valence-corrected chi connectivity index (χ0v) is 11.7. The van der Waals surface area contributed by atoms with E-state index in [1.165, 1.54) is 4.90 Å². The minimum absolute atomic E-state index is 0.133. The van der Waals surface area contributed by atoms with Gasteiger partial charge in [0.2, 0.25) is 5.91 Å². The summed E-state index contributed by atoms with van der Waals surface area (Å²) < 4.78 is 25.4. The van der Waals surface area contributed by atoms with E-state index >= 15 is 0 Å². The van der Waals surface area contributed by atoms with Crippen molar-refractivity contribution < 1.29 is 13.6 Å². The molecule has 1 saturated carbocycles. The first-order valence-electron chi connectivity index (χ1n) is 7.39. The lowest BCUT2D eigenvalue weighted by Crippen LogP contribution is -2.44. The maximum atomic E-state index is 12.7. The van der Waals surface area contributed by atoms with Crippen molar-refractivity contribution in [2.24, 2.45) is 11.8 Å². The fourth-order valence-electron chi connectivity index (χ4n) is 3.32. The number of carbonyl (C=O) groups is 1. The van der Waals surface area contributed by atoms with Crippen LogP contribution in [0.15, 0.2) is 0 Å². The molecule has 0 bridgehead atoms. The summed E-state index contributed by atoms with van der Waals surface area (Å²) in [4.78, 5) is 13.7. The van der Waals surface area contributed by atoms with E-state index in [0.29, 0.717) is 5.92 Å². The standard InChI is InChI=1S/C14H24F2N2O/c1-3-9(2)12-14(19)18(8-11(15)16)13(17-12)10-6-4-5-7-10/h9-13,17H,3-8H2,1-2H3. The van der Waals surface area contributed by atoms with Crippen molar-refractivity contribution in [3.8, 4) is 0 Å². The first-order chi connectivity index (χ1) is 9.04. The van der Waals surface area contributed by atoms with Crippen molar-refractivity contribution in [1.29, 1.82) is 0 Å². The largest absolute Gasteiger partial charge is 0.320 e. The van der Waals surface area contributed by atoms with Crippen molar-refractivity contribution >= 4 is 5.91 Å². The van der Waals surface area contributed by atoms with E-state index in [-0.39, 0.29) is 24.0 Å². The van der Waals surface area contributed by atoms with Gasteiger partial charge in [-0.1, -0.05) is 33.1 Å². The van der Waals surface area contributed by atoms with Crippen LogP contribution in [0.4, 0.5) is 8.78 Å². The Morgan fingerprint density at radius 1 is 1.37 bits per heavy atom. The van der Waals surface area contributed by atoms with Crippen LogP contribution in [0.25, 0.3) is 0 Å². The molecular weight excluding hydrogens is 250 g/mol. The van der Waals surface area contributed by atoms with Gasteiger partial charge in [0.15, 0.2) is 0 Å². The van der Waals surface area contributed by atoms with Gasteiger partial charge in [0.1, 0.15) is 0 Å². The van der Waals surface area contributed by atoms with Crippen molar-refractivity contribution in [3.05, 3.63) is 0 Å². The molecule has 3 atom stereocenters. The average molecular weight is 274 g/mol. The molecule has 1 amide bonds. The van der Waals surface area contributed by atoms with Gasteiger partial charge in [0.05, 0.1) is 18.8 Å². The molecule has 1 aliphatic heterocycles. The van der Waals surface area contributed by atoms with Gasteiger partial charge < -0.3 is 4.90 Å². The SMILES string of the molecule is CCC(C)C1NC(C2CCCC2)N(CC(F)F)C1=O. The number of amides is 1. The molecule has 0 radical (unpaired) electrons. The average Bonchev–Trinajstić information content (AvgIpc) is 2.98. The Bertz CT molecular complexity index is 319. The number of hydrogen-bond donors (Lipinski definition) is 1. The van der Waals surface area contributed by atoms with Gasteiger partial charge in [-0.15, -0.1) is 0 Å². The highest BCUT2D eigenvalue weighted by molar-refractivity contribution is 5.84. The molecule has 3 unspecified atom stereocenters. The molecule has 19 heavy (non-hydrogen) atoms. The van der Waals surface area contributed by atoms with E-state index in [0.717, 1.165) is 32.1 Å². The monoisotopic (exact) mass is 274 g/mol. The second-order valence-corrected chi connectivity index (χ2v) is 5.90. The lowest BCUT2D eigenvalue weighted by molar-refractivity contribution is -0.133. The van der Waals surface area contributed by atoms with E-state index in [2.05, 4.69) is 5.32 Å². The summed E-state index contributed by atoms with van der Waals surface area (Å²) in [6.45, 7) is 3.60. The topological polar surface area (TPSA) is 32.3 Å². The van der Waals surface area contributed by atoms with Crippen molar-refractivity contribution in [2.45, 2.75) is 64.6 Å². The van der Waals surface area contributed by atoms with Crippen molar-refractivity contribution in [2.75, 3.05) is 6.54 Å². The summed E-state index contributed by atoms with van der Waals surface area (Å²) >= 11 is 0. The number of hydrogen-bond acceptors (Lipinski definition) is 2. The molecule has 0 aromatic carbocycles. The summed E-state index contributed by atoms with van der Waals surface area (Å²) in [5, 5.41) is 3.33. The maximum Gasteiger partial charge on any atom is 0.255 e. The Morgan fingerprint density at radius 2 is 2.00 bits per heavy atom. The van der Waals surface area contributed by atoms with E-state index in [9.17, 15) is 13.6 Å². The molecule has 3 nitrogen and oxygen atoms in total. The predicted molar refractivity (Wildman–Crippen MR) is 69.8 cm³/mol. The number of nitrogens with one attached hydrogen (secondary N) is 1. The normalized spacial score (nSPS) is 30.6. The highest BCUT2D eigenvalue weighted by atomic mass is 19.3. The molecule has 110 valence electrons. The van der Waals surface area contributed by atoms with Crippen molar-refractivity contribution in [3.63, 3.8) is 0 Å². The van der Waals surface area contributed by atoms with Gasteiger partial charge >= 0.3 is 0 Å². The van der Waals surface area contributed by atoms with Crippen LogP contribution in [0.5, 0.6) is 0 Å². The molecule has 0 aromatic heterocycles. The second-order valence-electron chi connectivity index (χ2n) is 5.90. The summed E-state index contributed by atoms with van der Waals surface area (Å²) in [6.07, 6.45) is 2.62. The Labute approximate surface area is 113 Å². The van der Waals surface area contributed by atoms with Crippen LogP contribution in [-0.4, -0.2) is 36.0 Å². The highest BCUT2D eigenvalue weighted by Crippen LogP contribution is 2.33. The number of nitrogens with zero attached hydrogens (tertiary/aromatic N) is 1. The molecule has 0 aromatic rings. The van der Waals surface area contributed by atoms with Crippen LogP contribution in [-0.2, 0) is 4.79 Å². The zero-order valence-electron chi connectivity index (χ0n) is 11.7. The third-order valence-corrected chi connectivity index (χ3v) is 4.63. The Hall–Kier alpha value is -0.710. The second kappa shape index (κ2) is 6.16. The molecule has 2 fully saturated rings. The van der Waals surface area contributed by atoms with Gasteiger partial charge in [0.25, 0.3) is 6.43 Å². The number of rotatable bonds is 5. The molecule has 1 aliphatic carbocycles. The maximum absolute atomic E-state index is 12.7.